The third kappa shape index (κ3) is 4.13. The molecular weight excluding hydrogens is 321 g/mol. The van der Waals surface area contributed by atoms with Gasteiger partial charge in [0, 0.05) is 37.3 Å². The molecule has 0 atom stereocenters. The fraction of sp³-hybridized carbons (Fsp3) is 0.278. The summed E-state index contributed by atoms with van der Waals surface area (Å²) >= 11 is 0. The monoisotopic (exact) mass is 341 g/mol. The zero-order valence-corrected chi connectivity index (χ0v) is 14.0. The highest BCUT2D eigenvalue weighted by Crippen LogP contribution is 2.34. The molecule has 0 fully saturated rings. The van der Waals surface area contributed by atoms with Gasteiger partial charge in [-0.25, -0.2) is 0 Å². The van der Waals surface area contributed by atoms with Gasteiger partial charge in [-0.1, -0.05) is 6.07 Å². The van der Waals surface area contributed by atoms with E-state index in [9.17, 15) is 5.02 Å². The fourth-order valence-electron chi connectivity index (χ4n) is 2.62. The van der Waals surface area contributed by atoms with Gasteiger partial charge in [-0.2, -0.15) is 0 Å². The second-order valence-corrected chi connectivity index (χ2v) is 5.69. The number of hydrogen-bond acceptors (Lipinski definition) is 6. The summed E-state index contributed by atoms with van der Waals surface area (Å²) in [6, 6.07) is 7.68. The van der Waals surface area contributed by atoms with E-state index in [4.69, 9.17) is 19.2 Å². The highest BCUT2D eigenvalue weighted by molar-refractivity contribution is 6.47. The Kier molecular flexibility index (Phi) is 5.58. The first kappa shape index (κ1) is 17.3. The number of allylic oxidation sites excluding steroid dienone is 1. The van der Waals surface area contributed by atoms with E-state index in [1.54, 1.807) is 25.8 Å². The van der Waals surface area contributed by atoms with Gasteiger partial charge in [-0.05, 0) is 34.9 Å². The molecule has 1 aromatic heterocycles. The SMILES string of the molecule is COc1ccc(-c2cncc(C3=COB(O)C3)c2)cc1OCCCO. The Labute approximate surface area is 146 Å². The van der Waals surface area contributed by atoms with Crippen LogP contribution in [0.4, 0.5) is 0 Å². The minimum Gasteiger partial charge on any atom is -0.542 e. The van der Waals surface area contributed by atoms with Crippen molar-refractivity contribution in [3.8, 4) is 22.6 Å². The maximum absolute atomic E-state index is 9.50. The Morgan fingerprint density at radius 3 is 2.72 bits per heavy atom. The summed E-state index contributed by atoms with van der Waals surface area (Å²) in [5.41, 5.74) is 3.69. The molecule has 2 N–H and O–H groups in total. The summed E-state index contributed by atoms with van der Waals surface area (Å²) < 4.78 is 16.1. The van der Waals surface area contributed by atoms with Gasteiger partial charge in [0.1, 0.15) is 0 Å². The number of hydrogen-bond donors (Lipinski definition) is 2. The Morgan fingerprint density at radius 2 is 2.00 bits per heavy atom. The molecule has 1 aliphatic rings. The molecule has 3 rings (SSSR count). The first-order valence-corrected chi connectivity index (χ1v) is 8.11. The number of ether oxygens (including phenoxy) is 2. The highest BCUT2D eigenvalue weighted by Gasteiger charge is 2.24. The van der Waals surface area contributed by atoms with Crippen LogP contribution in [0.15, 0.2) is 42.9 Å². The first-order chi connectivity index (χ1) is 12.2. The number of methoxy groups -OCH3 is 1. The number of rotatable bonds is 7. The Balaban J connectivity index is 1.87. The molecule has 25 heavy (non-hydrogen) atoms. The lowest BCUT2D eigenvalue weighted by molar-refractivity contribution is 0.228. The number of aliphatic hydroxyl groups is 1. The summed E-state index contributed by atoms with van der Waals surface area (Å²) in [7, 11) is 0.805. The van der Waals surface area contributed by atoms with Crippen LogP contribution < -0.4 is 9.47 Å². The van der Waals surface area contributed by atoms with Gasteiger partial charge in [-0.3, -0.25) is 4.98 Å². The van der Waals surface area contributed by atoms with Gasteiger partial charge in [0.05, 0.1) is 20.0 Å². The van der Waals surface area contributed by atoms with Crippen LogP contribution in [0.3, 0.4) is 0 Å². The Hall–Kier alpha value is -2.51. The van der Waals surface area contributed by atoms with Crippen LogP contribution in [0.2, 0.25) is 6.32 Å². The van der Waals surface area contributed by atoms with E-state index < -0.39 is 7.12 Å². The maximum Gasteiger partial charge on any atom is 0.526 e. The van der Waals surface area contributed by atoms with Crippen molar-refractivity contribution in [3.05, 3.63) is 48.5 Å². The van der Waals surface area contributed by atoms with Crippen molar-refractivity contribution in [3.63, 3.8) is 0 Å². The van der Waals surface area contributed by atoms with Gasteiger partial charge in [0.25, 0.3) is 0 Å². The first-order valence-electron chi connectivity index (χ1n) is 8.11. The molecule has 2 aromatic rings. The zero-order chi connectivity index (χ0) is 17.6. The molecule has 0 radical (unpaired) electrons. The molecule has 2 heterocycles. The lowest BCUT2D eigenvalue weighted by Crippen LogP contribution is -2.08. The minimum atomic E-state index is -0.786. The molecule has 0 aliphatic carbocycles. The summed E-state index contributed by atoms with van der Waals surface area (Å²) in [6.45, 7) is 0.494. The lowest BCUT2D eigenvalue weighted by atomic mass is 9.82. The van der Waals surface area contributed by atoms with E-state index in [-0.39, 0.29) is 6.61 Å². The average molecular weight is 341 g/mol. The Bertz CT molecular complexity index is 765. The second-order valence-electron chi connectivity index (χ2n) is 5.69. The summed E-state index contributed by atoms with van der Waals surface area (Å²) in [4.78, 5) is 4.30. The third-order valence-electron chi connectivity index (χ3n) is 3.93. The summed E-state index contributed by atoms with van der Waals surface area (Å²) in [5, 5.41) is 18.4. The minimum absolute atomic E-state index is 0.0804. The molecule has 0 unspecified atom stereocenters. The van der Waals surface area contributed by atoms with Crippen LogP contribution in [-0.4, -0.2) is 42.6 Å². The number of nitrogens with zero attached hydrogens (tertiary/aromatic N) is 1. The molecule has 0 saturated heterocycles. The van der Waals surface area contributed by atoms with Crippen molar-refractivity contribution in [2.45, 2.75) is 12.7 Å². The average Bonchev–Trinajstić information content (AvgIpc) is 3.08. The largest absolute Gasteiger partial charge is 0.542 e. The van der Waals surface area contributed by atoms with Gasteiger partial charge in [0.2, 0.25) is 0 Å². The molecule has 1 aliphatic heterocycles. The van der Waals surface area contributed by atoms with E-state index in [2.05, 4.69) is 4.98 Å². The number of aliphatic hydroxyl groups excluding tert-OH is 1. The topological polar surface area (TPSA) is 81.0 Å². The molecule has 0 spiro atoms. The lowest BCUT2D eigenvalue weighted by Gasteiger charge is -2.12. The standard InChI is InChI=1S/C18H20BNO5/c1-23-17-4-3-13(8-18(17)24-6-2-5-21)14-7-15(11-20-10-14)16-9-19(22)25-12-16/h3-4,7-8,10-12,21-22H,2,5-6,9H2,1H3. The van der Waals surface area contributed by atoms with Crippen LogP contribution >= 0.6 is 0 Å². The van der Waals surface area contributed by atoms with Gasteiger partial charge in [0.15, 0.2) is 11.5 Å². The normalized spacial score (nSPS) is 13.4. The van der Waals surface area contributed by atoms with Gasteiger partial charge in [-0.15, -0.1) is 0 Å². The molecule has 0 saturated carbocycles. The van der Waals surface area contributed by atoms with Gasteiger partial charge >= 0.3 is 7.12 Å². The molecule has 7 heteroatoms. The van der Waals surface area contributed by atoms with Crippen LogP contribution in [0.25, 0.3) is 16.7 Å². The number of benzene rings is 1. The fourth-order valence-corrected chi connectivity index (χ4v) is 2.62. The highest BCUT2D eigenvalue weighted by atomic mass is 16.5. The van der Waals surface area contributed by atoms with Crippen LogP contribution in [0.1, 0.15) is 12.0 Å². The van der Waals surface area contributed by atoms with Crippen LogP contribution in [-0.2, 0) is 4.65 Å². The van der Waals surface area contributed by atoms with Crippen molar-refractivity contribution >= 4 is 12.7 Å². The molecule has 1 aromatic carbocycles. The quantitative estimate of drug-likeness (QED) is 0.594. The van der Waals surface area contributed by atoms with Gasteiger partial charge < -0.3 is 24.3 Å². The Morgan fingerprint density at radius 1 is 1.16 bits per heavy atom. The smallest absolute Gasteiger partial charge is 0.526 e. The second kappa shape index (κ2) is 8.05. The maximum atomic E-state index is 9.50. The van der Waals surface area contributed by atoms with E-state index in [1.165, 1.54) is 0 Å². The number of aromatic nitrogens is 1. The molecule has 0 amide bonds. The molecule has 6 nitrogen and oxygen atoms in total. The van der Waals surface area contributed by atoms with E-state index in [0.29, 0.717) is 30.8 Å². The van der Waals surface area contributed by atoms with E-state index in [1.807, 2.05) is 24.3 Å². The third-order valence-corrected chi connectivity index (χ3v) is 3.93. The van der Waals surface area contributed by atoms with Crippen molar-refractivity contribution < 1.29 is 24.3 Å². The zero-order valence-electron chi connectivity index (χ0n) is 14.0. The molecule has 130 valence electrons. The predicted molar refractivity (Wildman–Crippen MR) is 95.3 cm³/mol. The van der Waals surface area contributed by atoms with E-state index in [0.717, 1.165) is 22.3 Å². The van der Waals surface area contributed by atoms with Crippen LogP contribution in [0, 0.1) is 0 Å². The predicted octanol–water partition coefficient (Wildman–Crippen LogP) is 2.37. The number of pyridine rings is 1. The van der Waals surface area contributed by atoms with Crippen molar-refractivity contribution in [2.75, 3.05) is 20.3 Å². The summed E-state index contributed by atoms with van der Waals surface area (Å²) in [6.07, 6.45) is 6.10. The van der Waals surface area contributed by atoms with E-state index >= 15 is 0 Å². The molecular formula is C18H20BNO5. The van der Waals surface area contributed by atoms with Crippen LogP contribution in [0.5, 0.6) is 11.5 Å². The summed E-state index contributed by atoms with van der Waals surface area (Å²) in [5.74, 6) is 1.26. The van der Waals surface area contributed by atoms with Crippen molar-refractivity contribution in [1.82, 2.24) is 4.98 Å². The van der Waals surface area contributed by atoms with Crippen molar-refractivity contribution in [1.29, 1.82) is 0 Å². The molecule has 0 bridgehead atoms. The van der Waals surface area contributed by atoms with Crippen molar-refractivity contribution in [2.24, 2.45) is 0 Å².